The van der Waals surface area contributed by atoms with Crippen LogP contribution in [0.15, 0.2) is 217 Å². The molecular formula is C111H108ClF6N15O17. The summed E-state index contributed by atoms with van der Waals surface area (Å²) in [5.41, 5.74) is 28.4. The first-order chi connectivity index (χ1) is 71.4. The number of benzene rings is 10. The summed E-state index contributed by atoms with van der Waals surface area (Å²) >= 11 is 5.60. The topological polar surface area (TPSA) is 456 Å². The molecule has 10 aromatic carbocycles. The van der Waals surface area contributed by atoms with Crippen LogP contribution in [-0.4, -0.2) is 143 Å². The van der Waals surface area contributed by atoms with Gasteiger partial charge in [0, 0.05) is 136 Å². The van der Waals surface area contributed by atoms with E-state index < -0.39 is 75.7 Å². The predicted molar refractivity (Wildman–Crippen MR) is 558 cm³/mol. The zero-order chi connectivity index (χ0) is 105. The molecule has 15 aromatic rings. The molecule has 0 saturated heterocycles. The first-order valence-electron chi connectivity index (χ1n) is 47.7. The number of aryl methyl sites for hydroxylation is 1. The van der Waals surface area contributed by atoms with Crippen LogP contribution in [0.1, 0.15) is 124 Å². The van der Waals surface area contributed by atoms with Gasteiger partial charge in [-0.1, -0.05) is 55.4 Å². The number of methoxy groups -OCH3 is 4. The summed E-state index contributed by atoms with van der Waals surface area (Å²) < 4.78 is 141. The van der Waals surface area contributed by atoms with Crippen molar-refractivity contribution in [3.05, 3.63) is 263 Å². The largest absolute Gasteiger partial charge is 0.493 e. The lowest BCUT2D eigenvalue weighted by atomic mass is 9.98. The van der Waals surface area contributed by atoms with E-state index in [1.54, 1.807) is 114 Å². The van der Waals surface area contributed by atoms with Gasteiger partial charge >= 0.3 is 6.18 Å². The van der Waals surface area contributed by atoms with E-state index >= 15 is 4.39 Å². The summed E-state index contributed by atoms with van der Waals surface area (Å²) in [6, 6.07) is 49.4. The van der Waals surface area contributed by atoms with Crippen LogP contribution in [0, 0.1) is 30.3 Å². The van der Waals surface area contributed by atoms with Crippen LogP contribution < -0.4 is 97.5 Å². The average Bonchev–Trinajstić information content (AvgIpc) is 1.74. The number of nitrogens with one attached hydrogen (secondary N) is 6. The third-order valence-corrected chi connectivity index (χ3v) is 25.9. The fourth-order valence-corrected chi connectivity index (χ4v) is 16.0. The van der Waals surface area contributed by atoms with Gasteiger partial charge in [-0.3, -0.25) is 53.5 Å². The molecule has 0 atom stereocenters. The van der Waals surface area contributed by atoms with E-state index in [4.69, 9.17) is 81.7 Å². The fraction of sp³-hybridized carbons (Fsp3) is 0.279. The van der Waals surface area contributed by atoms with Gasteiger partial charge in [0.2, 0.25) is 17.3 Å². The highest BCUT2D eigenvalue weighted by molar-refractivity contribution is 6.42. The van der Waals surface area contributed by atoms with Crippen LogP contribution in [0.4, 0.5) is 77.5 Å². The van der Waals surface area contributed by atoms with Crippen molar-refractivity contribution in [1.82, 2.24) is 25.1 Å². The quantitative estimate of drug-likeness (QED) is 0.00976. The van der Waals surface area contributed by atoms with Crippen LogP contribution in [0.5, 0.6) is 57.5 Å². The molecule has 5 fully saturated rings. The first-order valence-corrected chi connectivity index (χ1v) is 48.1. The maximum absolute atomic E-state index is 15.1. The standard InChI is InChI=1S/C30H25ClF4N4O4.C29H28N2O4.C27H26FN5O5.C24H25FN4O4.CH4/c1-42-26-13-18-22(6-9-37-24(18)14-27(26)43-15-29(36)7-8-29)39-23-5-3-17(12-21(23)32)38-28(41)25(40)11-16-2-4-20(31)19(10-16)30(33,34)35;1-33-27-15-23-24(16-28(27)34-17-29(30)10-11-29)31-12-9-26(23)35-20-7-8-21-19(14-20)3-2-4-22(21)25(32)13-18-5-6-18;1-15-9-17(33-38-15)11-23(34)26(35)31-16-3-4-21(19(28)10-16)32-20-5-8-30-22-13-25(24(36-2)12-18(20)22)37-14-27(29)6-7-27;1-3-20(30)23(31)28-14-4-5-18(16(25)10-14)29-17-6-9-27-19-12-22(21(32-2)11-15(17)19)33-13-24(26)7-8-24;/h2-6,9-10,12-14H,7-8,11,15,36H2,1H3,(H,37,39)(H,38,41);2-4,7-9,12,14-16,18H,5-6,10-11,13,17,30H2,1H3;3-5,8-10,12-13H,6-7,11,14,29H2,1-2H3,(H,30,32)(H,31,35);4-6,9-12H,3,7-8,13,26H2,1-2H3,(H,27,29)(H,28,31);1H4. The molecule has 5 heterocycles. The van der Waals surface area contributed by atoms with Crippen LogP contribution in [0.3, 0.4) is 0 Å². The highest BCUT2D eigenvalue weighted by Crippen LogP contribution is 2.47. The van der Waals surface area contributed by atoms with E-state index in [0.29, 0.717) is 164 Å². The Balaban J connectivity index is 0.000000143. The van der Waals surface area contributed by atoms with Crippen molar-refractivity contribution in [2.75, 3.05) is 86.8 Å². The Morgan fingerprint density at radius 2 is 0.820 bits per heavy atom. The third-order valence-electron chi connectivity index (χ3n) is 25.5. The monoisotopic (exact) mass is 2070 g/mol. The van der Waals surface area contributed by atoms with Gasteiger partial charge in [0.25, 0.3) is 17.7 Å². The van der Waals surface area contributed by atoms with Crippen LogP contribution in [0.25, 0.3) is 54.4 Å². The maximum Gasteiger partial charge on any atom is 0.417 e. The maximum atomic E-state index is 15.1. The lowest BCUT2D eigenvalue weighted by Gasteiger charge is -2.16. The normalized spacial score (nSPS) is 14.3. The van der Waals surface area contributed by atoms with Gasteiger partial charge in [-0.2, -0.15) is 13.2 Å². The van der Waals surface area contributed by atoms with Gasteiger partial charge in [0.05, 0.1) is 112 Å². The van der Waals surface area contributed by atoms with Crippen molar-refractivity contribution in [2.45, 2.75) is 139 Å². The Labute approximate surface area is 861 Å². The highest BCUT2D eigenvalue weighted by Gasteiger charge is 2.43. The summed E-state index contributed by atoms with van der Waals surface area (Å²) in [5, 5.41) is 24.2. The zero-order valence-electron chi connectivity index (χ0n) is 81.6. The third kappa shape index (κ3) is 26.6. The minimum Gasteiger partial charge on any atom is -0.493 e. The lowest BCUT2D eigenvalue weighted by Crippen LogP contribution is -2.29. The van der Waals surface area contributed by atoms with Gasteiger partial charge in [0.15, 0.2) is 51.8 Å². The number of nitrogens with zero attached hydrogens (tertiary/aromatic N) is 5. The number of ketones is 4. The molecule has 20 rings (SSSR count). The number of aromatic nitrogens is 5. The van der Waals surface area contributed by atoms with Gasteiger partial charge in [-0.25, -0.2) is 13.2 Å². The SMILES string of the molecule is C.CCC(=O)C(=O)Nc1ccc(Nc2ccnc3cc(OCC4(N)CC4)c(OC)cc23)c(F)c1.COc1cc2c(Nc3ccc(NC(=O)C(=O)Cc4cc(C)on4)cc3F)ccnc2cc1OCC1(N)CC1.COc1cc2c(Nc3ccc(NC(=O)C(=O)Cc4ccc(Cl)c(C(F)(F)F)c4)cc3F)ccnc2cc1OCC1(N)CC1.COc1cc2c(Oc3ccc4c(C(=O)CC5CC5)cccc4c3)ccnc2cc1OCC1(N)CC1. The second-order valence-corrected chi connectivity index (χ2v) is 37.9. The Hall–Kier alpha value is -16.3. The number of rotatable bonds is 38. The number of alkyl halides is 3. The van der Waals surface area contributed by atoms with Crippen molar-refractivity contribution < 1.29 is 107 Å². The van der Waals surface area contributed by atoms with Crippen molar-refractivity contribution in [3.8, 4) is 57.5 Å². The first kappa shape index (κ1) is 106. The smallest absolute Gasteiger partial charge is 0.417 e. The van der Waals surface area contributed by atoms with Crippen LogP contribution in [0.2, 0.25) is 5.02 Å². The van der Waals surface area contributed by atoms with E-state index in [0.717, 1.165) is 103 Å². The fourth-order valence-electron chi connectivity index (χ4n) is 15.8. The molecule has 0 spiro atoms. The van der Waals surface area contributed by atoms with Crippen molar-refractivity contribution in [1.29, 1.82) is 0 Å². The van der Waals surface area contributed by atoms with Crippen molar-refractivity contribution in [2.24, 2.45) is 28.9 Å². The molecule has 0 bridgehead atoms. The number of carbonyl (C=O) groups is 7. The Morgan fingerprint density at radius 3 is 1.19 bits per heavy atom. The summed E-state index contributed by atoms with van der Waals surface area (Å²) in [5.74, 6) is -0.120. The Kier molecular flexibility index (Phi) is 32.1. The molecule has 5 aliphatic carbocycles. The molecule has 0 radical (unpaired) electrons. The summed E-state index contributed by atoms with van der Waals surface area (Å²) in [7, 11) is 6.20. The highest BCUT2D eigenvalue weighted by atomic mass is 35.5. The van der Waals surface area contributed by atoms with E-state index in [-0.39, 0.29) is 87.9 Å². The number of anilines is 9. The number of halogens is 7. The number of carbonyl (C=O) groups excluding carboxylic acids is 7. The molecule has 150 heavy (non-hydrogen) atoms. The average molecular weight is 2070 g/mol. The van der Waals surface area contributed by atoms with Gasteiger partial charge in [0.1, 0.15) is 61.1 Å². The number of ether oxygens (including phenoxy) is 9. The van der Waals surface area contributed by atoms with E-state index in [9.17, 15) is 55.5 Å². The number of pyridine rings is 4. The second kappa shape index (κ2) is 45.2. The number of hydrogen-bond acceptors (Lipinski definition) is 29. The number of fused-ring (bicyclic) bond motifs is 5. The molecule has 0 unspecified atom stereocenters. The molecule has 14 N–H and O–H groups in total. The molecule has 5 aliphatic rings. The van der Waals surface area contributed by atoms with Gasteiger partial charge in [-0.05, 0) is 227 Å². The van der Waals surface area contributed by atoms with Crippen LogP contribution in [-0.2, 0) is 47.8 Å². The molecule has 3 amide bonds. The van der Waals surface area contributed by atoms with E-state index in [1.165, 1.54) is 69.5 Å². The summed E-state index contributed by atoms with van der Waals surface area (Å²) in [6.07, 6.45) is 11.4. The molecule has 39 heteroatoms. The Bertz CT molecular complexity index is 7710. The number of nitrogens with two attached hydrogens (primary N) is 4. The Morgan fingerprint density at radius 1 is 0.427 bits per heavy atom. The minimum absolute atomic E-state index is 0. The van der Waals surface area contributed by atoms with Gasteiger partial charge < -0.3 is 102 Å². The summed E-state index contributed by atoms with van der Waals surface area (Å²) in [4.78, 5) is 103. The van der Waals surface area contributed by atoms with E-state index in [2.05, 4.69) is 57.0 Å². The predicted octanol–water partition coefficient (Wildman–Crippen LogP) is 21.1. The van der Waals surface area contributed by atoms with Crippen molar-refractivity contribution in [3.63, 3.8) is 0 Å². The molecule has 5 aromatic heterocycles. The van der Waals surface area contributed by atoms with Crippen molar-refractivity contribution >= 4 is 158 Å². The number of amides is 3. The van der Waals surface area contributed by atoms with Gasteiger partial charge in [-0.15, -0.1) is 0 Å². The molecule has 32 nitrogen and oxygen atoms in total. The number of hydrogen-bond donors (Lipinski definition) is 10. The van der Waals surface area contributed by atoms with E-state index in [1.807, 2.05) is 54.6 Å². The molecule has 778 valence electrons. The van der Waals surface area contributed by atoms with Crippen LogP contribution >= 0.6 is 11.6 Å². The zero-order valence-corrected chi connectivity index (χ0v) is 82.4. The second-order valence-electron chi connectivity index (χ2n) is 37.5. The number of Topliss-reactive ketones (excluding diaryl/α,β-unsaturated/α-hetero) is 4. The minimum atomic E-state index is -4.72. The molecular weight excluding hydrogens is 1960 g/mol. The molecule has 5 saturated carbocycles. The lowest BCUT2D eigenvalue weighted by molar-refractivity contribution is -0.137. The summed E-state index contributed by atoms with van der Waals surface area (Å²) in [6.45, 7) is 4.83. The molecule has 0 aliphatic heterocycles.